The first-order chi connectivity index (χ1) is 9.32. The molecule has 2 amide bonds. The van der Waals surface area contributed by atoms with Crippen molar-refractivity contribution in [1.29, 1.82) is 0 Å². The first-order valence-corrected chi connectivity index (χ1v) is 8.95. The van der Waals surface area contributed by atoms with E-state index in [4.69, 9.17) is 0 Å². The lowest BCUT2D eigenvalue weighted by molar-refractivity contribution is -0.148. The molecule has 0 saturated carbocycles. The molecule has 0 aromatic heterocycles. The van der Waals surface area contributed by atoms with Gasteiger partial charge in [-0.1, -0.05) is 20.3 Å². The maximum absolute atomic E-state index is 12.1. The van der Waals surface area contributed by atoms with Crippen LogP contribution in [0.4, 0.5) is 0 Å². The van der Waals surface area contributed by atoms with Crippen molar-refractivity contribution in [2.75, 3.05) is 18.1 Å². The summed E-state index contributed by atoms with van der Waals surface area (Å²) in [7, 11) is -3.15. The summed E-state index contributed by atoms with van der Waals surface area (Å²) in [4.78, 5) is 25.5. The van der Waals surface area contributed by atoms with Gasteiger partial charge in [0.1, 0.15) is 12.1 Å². The fourth-order valence-electron chi connectivity index (χ4n) is 2.39. The smallest absolute Gasteiger partial charge is 0.245 e. The number of carbonyl (C=O) groups excluding carboxylic acids is 2. The van der Waals surface area contributed by atoms with Crippen molar-refractivity contribution in [1.82, 2.24) is 10.2 Å². The SMILES string of the molecule is CCCC1C(=O)NC(C)C(=O)N1CCS(=O)(=O)CCC. The Labute approximate surface area is 120 Å². The van der Waals surface area contributed by atoms with E-state index in [0.29, 0.717) is 12.8 Å². The van der Waals surface area contributed by atoms with Crippen molar-refractivity contribution in [2.24, 2.45) is 0 Å². The minimum Gasteiger partial charge on any atom is -0.343 e. The molecule has 2 unspecified atom stereocenters. The molecule has 0 aliphatic carbocycles. The van der Waals surface area contributed by atoms with Crippen molar-refractivity contribution < 1.29 is 18.0 Å². The topological polar surface area (TPSA) is 83.6 Å². The molecular weight excluding hydrogens is 280 g/mol. The highest BCUT2D eigenvalue weighted by molar-refractivity contribution is 7.91. The van der Waals surface area contributed by atoms with Gasteiger partial charge in [-0.15, -0.1) is 0 Å². The predicted octanol–water partition coefficient (Wildman–Crippen LogP) is 0.327. The fourth-order valence-corrected chi connectivity index (χ4v) is 3.69. The van der Waals surface area contributed by atoms with Crippen molar-refractivity contribution in [2.45, 2.75) is 52.1 Å². The van der Waals surface area contributed by atoms with Crippen molar-refractivity contribution in [3.63, 3.8) is 0 Å². The zero-order chi connectivity index (χ0) is 15.3. The predicted molar refractivity (Wildman–Crippen MR) is 77.0 cm³/mol. The number of rotatable bonds is 7. The van der Waals surface area contributed by atoms with Crippen molar-refractivity contribution in [3.8, 4) is 0 Å². The number of carbonyl (C=O) groups is 2. The largest absolute Gasteiger partial charge is 0.343 e. The molecule has 6 nitrogen and oxygen atoms in total. The molecule has 116 valence electrons. The minimum absolute atomic E-state index is 0.0766. The molecule has 1 fully saturated rings. The highest BCUT2D eigenvalue weighted by Gasteiger charge is 2.38. The van der Waals surface area contributed by atoms with Crippen LogP contribution in [0, 0.1) is 0 Å². The molecule has 1 heterocycles. The van der Waals surface area contributed by atoms with E-state index in [1.54, 1.807) is 13.8 Å². The summed E-state index contributed by atoms with van der Waals surface area (Å²) in [6, 6.07) is -1.12. The van der Waals surface area contributed by atoms with Gasteiger partial charge >= 0.3 is 0 Å². The number of sulfone groups is 1. The van der Waals surface area contributed by atoms with Crippen LogP contribution < -0.4 is 5.32 Å². The molecule has 1 rings (SSSR count). The van der Waals surface area contributed by atoms with E-state index in [9.17, 15) is 18.0 Å². The van der Waals surface area contributed by atoms with E-state index in [1.165, 1.54) is 4.90 Å². The molecule has 20 heavy (non-hydrogen) atoms. The third kappa shape index (κ3) is 4.19. The second-order valence-electron chi connectivity index (χ2n) is 5.22. The molecule has 0 bridgehead atoms. The number of amides is 2. The van der Waals surface area contributed by atoms with Crippen LogP contribution >= 0.6 is 0 Å². The van der Waals surface area contributed by atoms with Crippen LogP contribution in [0.1, 0.15) is 40.0 Å². The molecule has 2 atom stereocenters. The number of nitrogens with one attached hydrogen (secondary N) is 1. The lowest BCUT2D eigenvalue weighted by Crippen LogP contribution is -2.63. The molecule has 0 radical (unpaired) electrons. The Kier molecular flexibility index (Phi) is 5.98. The Bertz CT molecular complexity index is 461. The van der Waals surface area contributed by atoms with Crippen LogP contribution in [0.5, 0.6) is 0 Å². The minimum atomic E-state index is -3.15. The van der Waals surface area contributed by atoms with Crippen molar-refractivity contribution >= 4 is 21.7 Å². The molecule has 0 aromatic rings. The van der Waals surface area contributed by atoms with E-state index < -0.39 is 21.9 Å². The zero-order valence-corrected chi connectivity index (χ0v) is 13.2. The fraction of sp³-hybridized carbons (Fsp3) is 0.846. The average molecular weight is 304 g/mol. The Balaban J connectivity index is 2.80. The van der Waals surface area contributed by atoms with Gasteiger partial charge in [0.25, 0.3) is 0 Å². The van der Waals surface area contributed by atoms with Gasteiger partial charge in [0.15, 0.2) is 9.84 Å². The van der Waals surface area contributed by atoms with E-state index in [1.807, 2.05) is 6.92 Å². The first kappa shape index (κ1) is 16.9. The number of hydrogen-bond donors (Lipinski definition) is 1. The van der Waals surface area contributed by atoms with Crippen LogP contribution in [0.25, 0.3) is 0 Å². The summed E-state index contributed by atoms with van der Waals surface area (Å²) in [5.74, 6) is -0.344. The third-order valence-corrected chi connectivity index (χ3v) is 5.25. The first-order valence-electron chi connectivity index (χ1n) is 7.13. The van der Waals surface area contributed by atoms with Gasteiger partial charge in [0.05, 0.1) is 5.75 Å². The Morgan fingerprint density at radius 2 is 1.80 bits per heavy atom. The molecular formula is C13H24N2O4S. The van der Waals surface area contributed by atoms with Crippen LogP contribution in [0.3, 0.4) is 0 Å². The van der Waals surface area contributed by atoms with Gasteiger partial charge in [-0.05, 0) is 19.8 Å². The number of piperazine rings is 1. The average Bonchev–Trinajstić information content (AvgIpc) is 2.35. The molecule has 0 spiro atoms. The summed E-state index contributed by atoms with van der Waals surface area (Å²) >= 11 is 0. The van der Waals surface area contributed by atoms with Crippen LogP contribution in [0.15, 0.2) is 0 Å². The summed E-state index contributed by atoms with van der Waals surface area (Å²) < 4.78 is 23.5. The summed E-state index contributed by atoms with van der Waals surface area (Å²) in [6.07, 6.45) is 1.88. The van der Waals surface area contributed by atoms with Gasteiger partial charge in [-0.25, -0.2) is 8.42 Å². The quantitative estimate of drug-likeness (QED) is 0.734. The Morgan fingerprint density at radius 1 is 1.15 bits per heavy atom. The summed E-state index contributed by atoms with van der Waals surface area (Å²) in [5, 5.41) is 2.64. The monoisotopic (exact) mass is 304 g/mol. The van der Waals surface area contributed by atoms with Gasteiger partial charge in [-0.3, -0.25) is 9.59 Å². The molecule has 1 N–H and O–H groups in total. The van der Waals surface area contributed by atoms with Gasteiger partial charge in [0.2, 0.25) is 11.8 Å². The molecule has 1 aliphatic heterocycles. The Hall–Kier alpha value is -1.11. The standard InChI is InChI=1S/C13H24N2O4S/c1-4-6-11-12(16)14-10(3)13(17)15(11)7-9-20(18,19)8-5-2/h10-11H,4-9H2,1-3H3,(H,14,16). The molecule has 0 aromatic carbocycles. The number of nitrogens with zero attached hydrogens (tertiary/aromatic N) is 1. The maximum atomic E-state index is 12.1. The van der Waals surface area contributed by atoms with E-state index in [-0.39, 0.29) is 29.9 Å². The third-order valence-electron chi connectivity index (χ3n) is 3.41. The highest BCUT2D eigenvalue weighted by atomic mass is 32.2. The van der Waals surface area contributed by atoms with Gasteiger partial charge in [-0.2, -0.15) is 0 Å². The van der Waals surface area contributed by atoms with Gasteiger partial charge in [0, 0.05) is 12.3 Å². The van der Waals surface area contributed by atoms with E-state index >= 15 is 0 Å². The number of hydrogen-bond acceptors (Lipinski definition) is 4. The maximum Gasteiger partial charge on any atom is 0.245 e. The summed E-state index contributed by atoms with van der Waals surface area (Å²) in [6.45, 7) is 5.46. The Morgan fingerprint density at radius 3 is 2.35 bits per heavy atom. The van der Waals surface area contributed by atoms with Crippen LogP contribution in [-0.2, 0) is 19.4 Å². The molecule has 7 heteroatoms. The molecule has 1 saturated heterocycles. The second kappa shape index (κ2) is 7.06. The van der Waals surface area contributed by atoms with E-state index in [2.05, 4.69) is 5.32 Å². The lowest BCUT2D eigenvalue weighted by atomic mass is 10.0. The second-order valence-corrected chi connectivity index (χ2v) is 7.52. The van der Waals surface area contributed by atoms with E-state index in [0.717, 1.165) is 6.42 Å². The normalized spacial score (nSPS) is 23.9. The van der Waals surface area contributed by atoms with Gasteiger partial charge < -0.3 is 10.2 Å². The van der Waals surface area contributed by atoms with Crippen LogP contribution in [-0.4, -0.2) is 55.3 Å². The van der Waals surface area contributed by atoms with Crippen molar-refractivity contribution in [3.05, 3.63) is 0 Å². The highest BCUT2D eigenvalue weighted by Crippen LogP contribution is 2.15. The molecule has 1 aliphatic rings. The lowest BCUT2D eigenvalue weighted by Gasteiger charge is -2.37. The van der Waals surface area contributed by atoms with Crippen LogP contribution in [0.2, 0.25) is 0 Å². The zero-order valence-electron chi connectivity index (χ0n) is 12.4. The summed E-state index contributed by atoms with van der Waals surface area (Å²) in [5.41, 5.74) is 0.